The van der Waals surface area contributed by atoms with Crippen molar-refractivity contribution in [2.75, 3.05) is 26.3 Å². The maximum Gasteiger partial charge on any atom is 0.234 e. The summed E-state index contributed by atoms with van der Waals surface area (Å²) in [4.78, 5) is 25.5. The number of amides is 2. The summed E-state index contributed by atoms with van der Waals surface area (Å²) in [5, 5.41) is 2.96. The molecule has 7 heteroatoms. The van der Waals surface area contributed by atoms with Crippen LogP contribution in [-0.4, -0.2) is 49.1 Å². The molecule has 1 saturated heterocycles. The highest BCUT2D eigenvalue weighted by atomic mass is 16.6. The number of hydrogen-bond donors (Lipinski definition) is 2. The Hall–Kier alpha value is -2.28. The van der Waals surface area contributed by atoms with E-state index in [2.05, 4.69) is 5.32 Å². The first-order chi connectivity index (χ1) is 11.5. The second kappa shape index (κ2) is 7.09. The second-order valence-electron chi connectivity index (χ2n) is 6.22. The third-order valence-electron chi connectivity index (χ3n) is 4.48. The van der Waals surface area contributed by atoms with Crippen LogP contribution in [0.15, 0.2) is 18.2 Å². The molecule has 3 rings (SSSR count). The average Bonchev–Trinajstić information content (AvgIpc) is 3.02. The Balaban J connectivity index is 1.59. The van der Waals surface area contributed by atoms with Gasteiger partial charge in [0.25, 0.3) is 0 Å². The number of primary amides is 1. The van der Waals surface area contributed by atoms with E-state index in [1.54, 1.807) is 0 Å². The average molecular weight is 333 g/mol. The fourth-order valence-corrected chi connectivity index (χ4v) is 3.22. The minimum atomic E-state index is -0.361. The second-order valence-corrected chi connectivity index (χ2v) is 6.22. The Morgan fingerprint density at radius 1 is 1.33 bits per heavy atom. The van der Waals surface area contributed by atoms with Gasteiger partial charge >= 0.3 is 0 Å². The van der Waals surface area contributed by atoms with Gasteiger partial charge in [0.2, 0.25) is 11.8 Å². The van der Waals surface area contributed by atoms with Gasteiger partial charge in [-0.1, -0.05) is 6.07 Å². The normalized spacial score (nSPS) is 21.3. The molecule has 7 nitrogen and oxygen atoms in total. The van der Waals surface area contributed by atoms with E-state index >= 15 is 0 Å². The van der Waals surface area contributed by atoms with Crippen molar-refractivity contribution in [2.45, 2.75) is 31.8 Å². The van der Waals surface area contributed by atoms with Gasteiger partial charge in [0.05, 0.1) is 18.6 Å². The van der Waals surface area contributed by atoms with Crippen LogP contribution < -0.4 is 20.5 Å². The molecule has 1 fully saturated rings. The number of carbonyl (C=O) groups is 2. The first-order valence-corrected chi connectivity index (χ1v) is 8.27. The number of rotatable bonds is 5. The summed E-state index contributed by atoms with van der Waals surface area (Å²) in [5.41, 5.74) is 6.33. The van der Waals surface area contributed by atoms with Crippen LogP contribution in [0.4, 0.5) is 0 Å². The minimum Gasteiger partial charge on any atom is -0.486 e. The van der Waals surface area contributed by atoms with E-state index < -0.39 is 0 Å². The number of nitrogens with zero attached hydrogens (tertiary/aromatic N) is 1. The molecule has 2 amide bonds. The summed E-state index contributed by atoms with van der Waals surface area (Å²) in [6.45, 7) is 3.90. The molecule has 2 heterocycles. The highest BCUT2D eigenvalue weighted by Crippen LogP contribution is 2.32. The van der Waals surface area contributed by atoms with Gasteiger partial charge in [-0.05, 0) is 44.0 Å². The molecule has 0 aliphatic carbocycles. The fourth-order valence-electron chi connectivity index (χ4n) is 3.22. The van der Waals surface area contributed by atoms with Crippen LogP contribution in [0.1, 0.15) is 31.4 Å². The largest absolute Gasteiger partial charge is 0.486 e. The third-order valence-corrected chi connectivity index (χ3v) is 4.48. The Morgan fingerprint density at radius 2 is 2.08 bits per heavy atom. The molecule has 0 saturated carbocycles. The number of nitrogens with two attached hydrogens (primary N) is 1. The van der Waals surface area contributed by atoms with Crippen LogP contribution in [0.25, 0.3) is 0 Å². The Labute approximate surface area is 141 Å². The van der Waals surface area contributed by atoms with Crippen molar-refractivity contribution in [3.63, 3.8) is 0 Å². The molecule has 1 aromatic rings. The van der Waals surface area contributed by atoms with Gasteiger partial charge in [-0.15, -0.1) is 0 Å². The Morgan fingerprint density at radius 3 is 2.83 bits per heavy atom. The standard InChI is InChI=1S/C17H23N3O4/c1-11(12-4-5-14-15(9-12)24-8-7-23-14)19-16(21)10-20-6-2-3-13(20)17(18)22/h4-5,9,11,13H,2-3,6-8,10H2,1H3,(H2,18,22)(H,19,21)/t11-,13-/m1/s1. The van der Waals surface area contributed by atoms with Crippen molar-refractivity contribution in [3.8, 4) is 11.5 Å². The monoisotopic (exact) mass is 333 g/mol. The van der Waals surface area contributed by atoms with Crippen LogP contribution >= 0.6 is 0 Å². The van der Waals surface area contributed by atoms with Crippen LogP contribution in [0.2, 0.25) is 0 Å². The van der Waals surface area contributed by atoms with Gasteiger partial charge in [0, 0.05) is 0 Å². The van der Waals surface area contributed by atoms with E-state index in [0.717, 1.165) is 30.7 Å². The summed E-state index contributed by atoms with van der Waals surface area (Å²) in [6.07, 6.45) is 1.61. The number of carbonyl (C=O) groups excluding carboxylic acids is 2. The number of benzene rings is 1. The molecule has 1 aromatic carbocycles. The number of fused-ring (bicyclic) bond motifs is 1. The molecular weight excluding hydrogens is 310 g/mol. The highest BCUT2D eigenvalue weighted by Gasteiger charge is 2.30. The van der Waals surface area contributed by atoms with Crippen molar-refractivity contribution in [2.24, 2.45) is 5.73 Å². The summed E-state index contributed by atoms with van der Waals surface area (Å²) in [6, 6.07) is 5.17. The lowest BCUT2D eigenvalue weighted by Crippen LogP contribution is -2.45. The molecule has 24 heavy (non-hydrogen) atoms. The smallest absolute Gasteiger partial charge is 0.234 e. The molecule has 3 N–H and O–H groups in total. The van der Waals surface area contributed by atoms with Crippen molar-refractivity contribution < 1.29 is 19.1 Å². The number of ether oxygens (including phenoxy) is 2. The van der Waals surface area contributed by atoms with Crippen LogP contribution in [0.5, 0.6) is 11.5 Å². The molecule has 130 valence electrons. The zero-order valence-electron chi connectivity index (χ0n) is 13.8. The maximum atomic E-state index is 12.3. The van der Waals surface area contributed by atoms with E-state index in [4.69, 9.17) is 15.2 Å². The van der Waals surface area contributed by atoms with E-state index in [1.165, 1.54) is 0 Å². The van der Waals surface area contributed by atoms with E-state index in [-0.39, 0.29) is 30.4 Å². The SMILES string of the molecule is C[C@@H](NC(=O)CN1CCC[C@@H]1C(N)=O)c1ccc2c(c1)OCCO2. The number of likely N-dealkylation sites (tertiary alicyclic amines) is 1. The van der Waals surface area contributed by atoms with Crippen molar-refractivity contribution in [1.82, 2.24) is 10.2 Å². The van der Waals surface area contributed by atoms with Crippen molar-refractivity contribution >= 4 is 11.8 Å². The van der Waals surface area contributed by atoms with Gasteiger partial charge in [0.1, 0.15) is 13.2 Å². The quantitative estimate of drug-likeness (QED) is 0.822. The van der Waals surface area contributed by atoms with Gasteiger partial charge in [-0.25, -0.2) is 0 Å². The molecule has 2 atom stereocenters. The topological polar surface area (TPSA) is 93.9 Å². The summed E-state index contributed by atoms with van der Waals surface area (Å²) >= 11 is 0. The molecule has 0 unspecified atom stereocenters. The lowest BCUT2D eigenvalue weighted by Gasteiger charge is -2.23. The molecular formula is C17H23N3O4. The molecule has 2 aliphatic rings. The van der Waals surface area contributed by atoms with E-state index in [9.17, 15) is 9.59 Å². The van der Waals surface area contributed by atoms with E-state index in [0.29, 0.717) is 19.0 Å². The first-order valence-electron chi connectivity index (χ1n) is 8.27. The lowest BCUT2D eigenvalue weighted by molar-refractivity contribution is -0.126. The molecule has 2 aliphatic heterocycles. The van der Waals surface area contributed by atoms with Crippen molar-refractivity contribution in [1.29, 1.82) is 0 Å². The third kappa shape index (κ3) is 3.62. The Kier molecular flexibility index (Phi) is 4.89. The lowest BCUT2D eigenvalue weighted by atomic mass is 10.1. The predicted molar refractivity (Wildman–Crippen MR) is 87.8 cm³/mol. The number of hydrogen-bond acceptors (Lipinski definition) is 5. The molecule has 0 bridgehead atoms. The molecule has 0 radical (unpaired) electrons. The minimum absolute atomic E-state index is 0.120. The summed E-state index contributed by atoms with van der Waals surface area (Å²) in [7, 11) is 0. The van der Waals surface area contributed by atoms with Gasteiger partial charge in [0.15, 0.2) is 11.5 Å². The Bertz CT molecular complexity index is 634. The molecule has 0 spiro atoms. The highest BCUT2D eigenvalue weighted by molar-refractivity contribution is 5.83. The fraction of sp³-hybridized carbons (Fsp3) is 0.529. The first kappa shape index (κ1) is 16.6. The van der Waals surface area contributed by atoms with Gasteiger partial charge in [-0.3, -0.25) is 14.5 Å². The summed E-state index contributed by atoms with van der Waals surface area (Å²) in [5.74, 6) is 0.948. The predicted octanol–water partition coefficient (Wildman–Crippen LogP) is 0.585. The van der Waals surface area contributed by atoms with Crippen LogP contribution in [-0.2, 0) is 9.59 Å². The zero-order valence-corrected chi connectivity index (χ0v) is 13.8. The maximum absolute atomic E-state index is 12.3. The summed E-state index contributed by atoms with van der Waals surface area (Å²) < 4.78 is 11.1. The molecule has 0 aromatic heterocycles. The van der Waals surface area contributed by atoms with Gasteiger partial charge < -0.3 is 20.5 Å². The van der Waals surface area contributed by atoms with Crippen LogP contribution in [0.3, 0.4) is 0 Å². The van der Waals surface area contributed by atoms with E-state index in [1.807, 2.05) is 30.0 Å². The van der Waals surface area contributed by atoms with Crippen LogP contribution in [0, 0.1) is 0 Å². The zero-order chi connectivity index (χ0) is 17.1. The number of nitrogens with one attached hydrogen (secondary N) is 1. The van der Waals surface area contributed by atoms with Gasteiger partial charge in [-0.2, -0.15) is 0 Å². The van der Waals surface area contributed by atoms with Crippen molar-refractivity contribution in [3.05, 3.63) is 23.8 Å².